The lowest BCUT2D eigenvalue weighted by atomic mass is 9.46. The number of hydrogen-bond donors (Lipinski definition) is 4. The van der Waals surface area contributed by atoms with Crippen molar-refractivity contribution in [3.8, 4) is 0 Å². The number of esters is 1. The molecule has 232 valence electrons. The van der Waals surface area contributed by atoms with Crippen molar-refractivity contribution in [1.82, 2.24) is 5.32 Å². The largest absolute Gasteiger partial charge is 0.479 e. The molecule has 0 spiro atoms. The molecule has 42 heavy (non-hydrogen) atoms. The highest BCUT2D eigenvalue weighted by molar-refractivity contribution is 5.95. The first kappa shape index (κ1) is 32.0. The van der Waals surface area contributed by atoms with Crippen molar-refractivity contribution in [2.75, 3.05) is 13.2 Å². The van der Waals surface area contributed by atoms with Gasteiger partial charge < -0.3 is 25.4 Å². The van der Waals surface area contributed by atoms with Crippen LogP contribution in [0.25, 0.3) is 0 Å². The summed E-state index contributed by atoms with van der Waals surface area (Å²) < 4.78 is 5.13. The fourth-order valence-corrected chi connectivity index (χ4v) is 8.24. The molecule has 11 heteroatoms. The number of allylic oxidation sites excluding steroid dienone is 1. The van der Waals surface area contributed by atoms with Crippen LogP contribution in [0.3, 0.4) is 0 Å². The Balaban J connectivity index is 1.33. The van der Waals surface area contributed by atoms with E-state index in [9.17, 15) is 39.0 Å². The van der Waals surface area contributed by atoms with Crippen LogP contribution in [0.4, 0.5) is 0 Å². The lowest BCUT2D eigenvalue weighted by Gasteiger charge is -2.57. The van der Waals surface area contributed by atoms with Crippen molar-refractivity contribution >= 4 is 35.2 Å². The van der Waals surface area contributed by atoms with Gasteiger partial charge in [-0.2, -0.15) is 0 Å². The number of carbonyl (C=O) groups is 6. The first-order valence-electron chi connectivity index (χ1n) is 14.8. The Labute approximate surface area is 245 Å². The van der Waals surface area contributed by atoms with Crippen LogP contribution in [0.5, 0.6) is 0 Å². The zero-order valence-electron chi connectivity index (χ0n) is 24.9. The zero-order chi connectivity index (χ0) is 31.3. The summed E-state index contributed by atoms with van der Waals surface area (Å²) in [5.41, 5.74) is -3.30. The Morgan fingerprint density at radius 2 is 1.79 bits per heavy atom. The topological polar surface area (TPSA) is 184 Å². The number of Topliss-reactive ketones (excluding diaryl/α,β-unsaturated/α-hetero) is 2. The van der Waals surface area contributed by atoms with Crippen molar-refractivity contribution in [2.45, 2.75) is 97.2 Å². The molecule has 0 aromatic carbocycles. The van der Waals surface area contributed by atoms with Gasteiger partial charge in [-0.15, -0.1) is 0 Å². The van der Waals surface area contributed by atoms with Crippen LogP contribution in [0, 0.1) is 34.0 Å². The maximum atomic E-state index is 13.7. The van der Waals surface area contributed by atoms with Crippen molar-refractivity contribution < 1.29 is 48.8 Å². The number of ketones is 3. The van der Waals surface area contributed by atoms with Crippen molar-refractivity contribution in [3.63, 3.8) is 0 Å². The molecule has 0 heterocycles. The minimum Gasteiger partial charge on any atom is -0.479 e. The molecule has 0 aromatic rings. The third-order valence-corrected chi connectivity index (χ3v) is 10.9. The molecular weight excluding hydrogens is 546 g/mol. The third-order valence-electron chi connectivity index (χ3n) is 10.9. The second-order valence-corrected chi connectivity index (χ2v) is 13.9. The molecule has 0 radical (unpaired) electrons. The number of carboxylic acids is 1. The van der Waals surface area contributed by atoms with Gasteiger partial charge in [-0.1, -0.05) is 33.3 Å². The van der Waals surface area contributed by atoms with Crippen LogP contribution in [-0.2, 0) is 33.5 Å². The maximum absolute atomic E-state index is 13.7. The number of carboxylic acid groups (broad SMARTS) is 1. The Morgan fingerprint density at radius 3 is 2.45 bits per heavy atom. The minimum absolute atomic E-state index is 0.00363. The number of carbonyl (C=O) groups excluding carboxylic acids is 5. The minimum atomic E-state index is -1.83. The van der Waals surface area contributed by atoms with Crippen molar-refractivity contribution in [2.24, 2.45) is 34.0 Å². The summed E-state index contributed by atoms with van der Waals surface area (Å²) in [7, 11) is 0. The van der Waals surface area contributed by atoms with Crippen LogP contribution in [-0.4, -0.2) is 75.4 Å². The highest BCUT2D eigenvalue weighted by atomic mass is 16.5. The molecule has 1 amide bonds. The van der Waals surface area contributed by atoms with Crippen LogP contribution in [0.1, 0.15) is 85.5 Å². The third kappa shape index (κ3) is 5.45. The fraction of sp³-hybridized carbons (Fsp3) is 0.742. The summed E-state index contributed by atoms with van der Waals surface area (Å²) in [6, 6.07) is 0. The van der Waals surface area contributed by atoms with E-state index in [4.69, 9.17) is 9.84 Å². The molecule has 0 saturated heterocycles. The number of amides is 1. The van der Waals surface area contributed by atoms with Gasteiger partial charge in [-0.25, -0.2) is 4.79 Å². The fourth-order valence-electron chi connectivity index (χ4n) is 8.24. The van der Waals surface area contributed by atoms with Crippen LogP contribution >= 0.6 is 0 Å². The molecule has 0 aromatic heterocycles. The SMILES string of the molecule is CC(C)(CNC(=O)CCC(=O)OCC(=O)[C@@]1(O)CC[C@H]2[C@@H]3CCC4=CC(=O)CC[C@]4(C)[C@H]3C(=O)C[C@@]21C)[C@H](O)C(=O)O. The van der Waals surface area contributed by atoms with Gasteiger partial charge in [0.2, 0.25) is 11.7 Å². The number of aliphatic hydroxyl groups is 2. The highest BCUT2D eigenvalue weighted by Gasteiger charge is 2.68. The smallest absolute Gasteiger partial charge is 0.333 e. The number of nitrogens with one attached hydrogen (secondary N) is 1. The van der Waals surface area contributed by atoms with Crippen molar-refractivity contribution in [3.05, 3.63) is 11.6 Å². The maximum Gasteiger partial charge on any atom is 0.333 e. The lowest BCUT2D eigenvalue weighted by molar-refractivity contribution is -0.173. The summed E-state index contributed by atoms with van der Waals surface area (Å²) in [5, 5.41) is 32.9. The van der Waals surface area contributed by atoms with Gasteiger partial charge in [0, 0.05) is 42.6 Å². The molecule has 4 rings (SSSR count). The van der Waals surface area contributed by atoms with E-state index in [2.05, 4.69) is 12.2 Å². The summed E-state index contributed by atoms with van der Waals surface area (Å²) in [6.45, 7) is 6.03. The normalized spacial score (nSPS) is 34.8. The standard InChI is InChI=1S/C31H43NO10/c1-28(2,26(38)27(39)40)16-32-23(36)7-8-24(37)42-15-22(35)31(41)12-10-20-19-6-5-17-13-18(33)9-11-29(17,3)25(19)21(34)14-30(20,31)4/h13,19-20,25-26,38,41H,5-12,14-16H2,1-4H3,(H,32,36)(H,39,40)/t19-,20-,25+,26+,29-,30-,31-/m0/s1. The molecule has 3 saturated carbocycles. The van der Waals surface area contributed by atoms with E-state index in [-0.39, 0.29) is 67.0 Å². The Morgan fingerprint density at radius 1 is 1.10 bits per heavy atom. The molecule has 0 unspecified atom stereocenters. The van der Waals surface area contributed by atoms with Gasteiger partial charge in [-0.3, -0.25) is 24.0 Å². The quantitative estimate of drug-likeness (QED) is 0.274. The van der Waals surface area contributed by atoms with Gasteiger partial charge in [0.25, 0.3) is 0 Å². The molecule has 11 nitrogen and oxygen atoms in total. The Hall–Kier alpha value is -2.92. The van der Waals surface area contributed by atoms with E-state index in [1.165, 1.54) is 13.8 Å². The number of aliphatic hydroxyl groups excluding tert-OH is 1. The molecule has 7 atom stereocenters. The summed E-state index contributed by atoms with van der Waals surface area (Å²) >= 11 is 0. The predicted octanol–water partition coefficient (Wildman–Crippen LogP) is 1.91. The summed E-state index contributed by atoms with van der Waals surface area (Å²) in [4.78, 5) is 74.6. The first-order valence-corrected chi connectivity index (χ1v) is 14.8. The van der Waals surface area contributed by atoms with Gasteiger partial charge in [0.15, 0.2) is 18.5 Å². The van der Waals surface area contributed by atoms with E-state index in [0.29, 0.717) is 19.3 Å². The van der Waals surface area contributed by atoms with Crippen LogP contribution in [0.15, 0.2) is 11.6 Å². The second-order valence-electron chi connectivity index (χ2n) is 13.9. The zero-order valence-corrected chi connectivity index (χ0v) is 24.9. The monoisotopic (exact) mass is 589 g/mol. The number of aliphatic carboxylic acids is 1. The molecule has 4 N–H and O–H groups in total. The van der Waals surface area contributed by atoms with E-state index >= 15 is 0 Å². The van der Waals surface area contributed by atoms with Crippen molar-refractivity contribution in [1.29, 1.82) is 0 Å². The second kappa shape index (κ2) is 11.3. The summed E-state index contributed by atoms with van der Waals surface area (Å²) in [6.07, 6.45) is 2.70. The van der Waals surface area contributed by atoms with Gasteiger partial charge in [-0.05, 0) is 55.4 Å². The number of hydrogen-bond acceptors (Lipinski definition) is 9. The highest BCUT2D eigenvalue weighted by Crippen LogP contribution is 2.66. The predicted molar refractivity (Wildman–Crippen MR) is 148 cm³/mol. The van der Waals surface area contributed by atoms with Gasteiger partial charge in [0.1, 0.15) is 11.4 Å². The molecule has 0 bridgehead atoms. The van der Waals surface area contributed by atoms with E-state index in [1.54, 1.807) is 13.0 Å². The molecule has 3 fully saturated rings. The lowest BCUT2D eigenvalue weighted by Crippen LogP contribution is -2.61. The average molecular weight is 590 g/mol. The first-order chi connectivity index (χ1) is 19.5. The molecular formula is C31H43NO10. The Kier molecular flexibility index (Phi) is 8.61. The number of ether oxygens (including phenoxy) is 1. The van der Waals surface area contributed by atoms with E-state index < -0.39 is 52.8 Å². The van der Waals surface area contributed by atoms with E-state index in [0.717, 1.165) is 18.4 Å². The van der Waals surface area contributed by atoms with Crippen LogP contribution < -0.4 is 5.32 Å². The summed E-state index contributed by atoms with van der Waals surface area (Å²) in [5.74, 6) is -3.63. The van der Waals surface area contributed by atoms with Crippen LogP contribution in [0.2, 0.25) is 0 Å². The molecule has 4 aliphatic rings. The van der Waals surface area contributed by atoms with E-state index in [1.807, 2.05) is 0 Å². The molecule has 4 aliphatic carbocycles. The van der Waals surface area contributed by atoms with Gasteiger partial charge in [0.05, 0.1) is 6.42 Å². The average Bonchev–Trinajstić information content (AvgIpc) is 3.19. The van der Waals surface area contributed by atoms with Gasteiger partial charge >= 0.3 is 11.9 Å². The molecule has 0 aliphatic heterocycles. The Bertz CT molecular complexity index is 1220. The number of fused-ring (bicyclic) bond motifs is 5. The number of rotatable bonds is 10.